The van der Waals surface area contributed by atoms with Crippen LogP contribution in [0.15, 0.2) is 54.7 Å². The minimum atomic E-state index is 0.0377. The molecule has 0 saturated heterocycles. The lowest BCUT2D eigenvalue weighted by Gasteiger charge is -2.18. The smallest absolute Gasteiger partial charge is 0.256 e. The number of aromatic amines is 1. The molecule has 0 aliphatic rings. The molecule has 3 rings (SSSR count). The Morgan fingerprint density at radius 2 is 1.81 bits per heavy atom. The summed E-state index contributed by atoms with van der Waals surface area (Å²) in [6.45, 7) is 2.68. The molecule has 0 aliphatic heterocycles. The number of carbonyl (C=O) groups is 1. The number of para-hydroxylation sites is 1. The highest BCUT2D eigenvalue weighted by Crippen LogP contribution is 2.20. The summed E-state index contributed by atoms with van der Waals surface area (Å²) in [4.78, 5) is 17.6. The Hall–Kier alpha value is -2.55. The number of benzene rings is 2. The van der Waals surface area contributed by atoms with Gasteiger partial charge in [0.1, 0.15) is 0 Å². The molecule has 2 aromatic carbocycles. The van der Waals surface area contributed by atoms with Crippen LogP contribution in [0.4, 0.5) is 0 Å². The van der Waals surface area contributed by atoms with Crippen LogP contribution in [-0.4, -0.2) is 22.8 Å². The van der Waals surface area contributed by atoms with Gasteiger partial charge in [0.2, 0.25) is 0 Å². The van der Waals surface area contributed by atoms with E-state index in [0.717, 1.165) is 16.5 Å². The topological polar surface area (TPSA) is 36.1 Å². The second-order valence-corrected chi connectivity index (χ2v) is 5.34. The molecule has 1 aromatic heterocycles. The highest BCUT2D eigenvalue weighted by molar-refractivity contribution is 6.06. The standard InChI is InChI=1S/C18H18N2O/c1-13-7-3-4-8-14(13)12-20(2)18(21)16-11-19-17-10-6-5-9-15(16)17/h3-11,19H,12H2,1-2H3. The van der Waals surface area contributed by atoms with Crippen LogP contribution in [0.1, 0.15) is 21.5 Å². The maximum Gasteiger partial charge on any atom is 0.256 e. The first-order chi connectivity index (χ1) is 10.2. The quantitative estimate of drug-likeness (QED) is 0.778. The molecule has 0 radical (unpaired) electrons. The fraction of sp³-hybridized carbons (Fsp3) is 0.167. The number of nitrogens with one attached hydrogen (secondary N) is 1. The molecule has 0 fully saturated rings. The summed E-state index contributed by atoms with van der Waals surface area (Å²) >= 11 is 0. The van der Waals surface area contributed by atoms with Crippen molar-refractivity contribution in [1.29, 1.82) is 0 Å². The van der Waals surface area contributed by atoms with Crippen molar-refractivity contribution < 1.29 is 4.79 Å². The Morgan fingerprint density at radius 1 is 1.10 bits per heavy atom. The van der Waals surface area contributed by atoms with Crippen molar-refractivity contribution in [3.63, 3.8) is 0 Å². The summed E-state index contributed by atoms with van der Waals surface area (Å²) in [6.07, 6.45) is 1.79. The number of rotatable bonds is 3. The highest BCUT2D eigenvalue weighted by atomic mass is 16.2. The van der Waals surface area contributed by atoms with Gasteiger partial charge in [-0.3, -0.25) is 4.79 Å². The molecular formula is C18H18N2O. The largest absolute Gasteiger partial charge is 0.360 e. The van der Waals surface area contributed by atoms with E-state index in [1.807, 2.05) is 43.4 Å². The van der Waals surface area contributed by atoms with Gasteiger partial charge in [-0.1, -0.05) is 42.5 Å². The average molecular weight is 278 g/mol. The molecule has 1 amide bonds. The summed E-state index contributed by atoms with van der Waals surface area (Å²) in [7, 11) is 1.84. The number of fused-ring (bicyclic) bond motifs is 1. The molecule has 106 valence electrons. The second-order valence-electron chi connectivity index (χ2n) is 5.34. The zero-order valence-corrected chi connectivity index (χ0v) is 12.3. The van der Waals surface area contributed by atoms with E-state index < -0.39 is 0 Å². The maximum atomic E-state index is 12.6. The summed E-state index contributed by atoms with van der Waals surface area (Å²) in [6, 6.07) is 16.0. The van der Waals surface area contributed by atoms with Crippen LogP contribution < -0.4 is 0 Å². The predicted molar refractivity (Wildman–Crippen MR) is 85.3 cm³/mol. The third-order valence-corrected chi connectivity index (χ3v) is 3.84. The molecule has 3 heteroatoms. The monoisotopic (exact) mass is 278 g/mol. The van der Waals surface area contributed by atoms with Gasteiger partial charge in [-0.15, -0.1) is 0 Å². The van der Waals surface area contributed by atoms with Gasteiger partial charge < -0.3 is 9.88 Å². The zero-order valence-electron chi connectivity index (χ0n) is 12.3. The van der Waals surface area contributed by atoms with E-state index in [-0.39, 0.29) is 5.91 Å². The van der Waals surface area contributed by atoms with Crippen LogP contribution in [0, 0.1) is 6.92 Å². The van der Waals surface area contributed by atoms with Crippen molar-refractivity contribution in [3.05, 3.63) is 71.4 Å². The Balaban J connectivity index is 1.86. The number of aryl methyl sites for hydroxylation is 1. The van der Waals surface area contributed by atoms with Crippen LogP contribution in [0.25, 0.3) is 10.9 Å². The number of carbonyl (C=O) groups excluding carboxylic acids is 1. The molecule has 21 heavy (non-hydrogen) atoms. The molecular weight excluding hydrogens is 260 g/mol. The predicted octanol–water partition coefficient (Wildman–Crippen LogP) is 3.75. The van der Waals surface area contributed by atoms with Crippen LogP contribution >= 0.6 is 0 Å². The number of H-pyrrole nitrogens is 1. The van der Waals surface area contributed by atoms with Crippen molar-refractivity contribution in [3.8, 4) is 0 Å². The first kappa shape index (κ1) is 13.4. The van der Waals surface area contributed by atoms with Gasteiger partial charge in [0.25, 0.3) is 5.91 Å². The molecule has 3 aromatic rings. The Morgan fingerprint density at radius 3 is 2.62 bits per heavy atom. The molecule has 1 N–H and O–H groups in total. The van der Waals surface area contributed by atoms with Gasteiger partial charge in [-0.2, -0.15) is 0 Å². The van der Waals surface area contributed by atoms with Gasteiger partial charge in [0.15, 0.2) is 0 Å². The molecule has 3 nitrogen and oxygen atoms in total. The lowest BCUT2D eigenvalue weighted by Crippen LogP contribution is -2.26. The number of hydrogen-bond donors (Lipinski definition) is 1. The van der Waals surface area contributed by atoms with E-state index in [1.165, 1.54) is 11.1 Å². The number of amides is 1. The molecule has 0 atom stereocenters. The van der Waals surface area contributed by atoms with Crippen molar-refractivity contribution >= 4 is 16.8 Å². The van der Waals surface area contributed by atoms with Crippen molar-refractivity contribution in [2.45, 2.75) is 13.5 Å². The first-order valence-electron chi connectivity index (χ1n) is 7.03. The van der Waals surface area contributed by atoms with Crippen molar-refractivity contribution in [2.24, 2.45) is 0 Å². The number of aromatic nitrogens is 1. The zero-order chi connectivity index (χ0) is 14.8. The average Bonchev–Trinajstić information content (AvgIpc) is 2.92. The van der Waals surface area contributed by atoms with Gasteiger partial charge in [-0.25, -0.2) is 0 Å². The van der Waals surface area contributed by atoms with E-state index in [4.69, 9.17) is 0 Å². The molecule has 0 spiro atoms. The van der Waals surface area contributed by atoms with Gasteiger partial charge in [0, 0.05) is 30.7 Å². The Kier molecular flexibility index (Phi) is 3.48. The summed E-state index contributed by atoms with van der Waals surface area (Å²) < 4.78 is 0. The lowest BCUT2D eigenvalue weighted by atomic mass is 10.1. The third-order valence-electron chi connectivity index (χ3n) is 3.84. The second kappa shape index (κ2) is 5.44. The fourth-order valence-corrected chi connectivity index (χ4v) is 2.57. The van der Waals surface area contributed by atoms with E-state index in [2.05, 4.69) is 24.0 Å². The normalized spacial score (nSPS) is 10.8. The summed E-state index contributed by atoms with van der Waals surface area (Å²) in [5, 5.41) is 0.971. The molecule has 0 bridgehead atoms. The van der Waals surface area contributed by atoms with Crippen LogP contribution in [0.3, 0.4) is 0 Å². The Labute approximate surface area is 124 Å². The fourth-order valence-electron chi connectivity index (χ4n) is 2.57. The van der Waals surface area contributed by atoms with Gasteiger partial charge in [-0.05, 0) is 24.1 Å². The van der Waals surface area contributed by atoms with E-state index >= 15 is 0 Å². The van der Waals surface area contributed by atoms with Crippen molar-refractivity contribution in [1.82, 2.24) is 9.88 Å². The summed E-state index contributed by atoms with van der Waals surface area (Å²) in [5.41, 5.74) is 4.09. The van der Waals surface area contributed by atoms with E-state index in [1.54, 1.807) is 11.1 Å². The van der Waals surface area contributed by atoms with Gasteiger partial charge in [0.05, 0.1) is 5.56 Å². The maximum absolute atomic E-state index is 12.6. The number of hydrogen-bond acceptors (Lipinski definition) is 1. The minimum Gasteiger partial charge on any atom is -0.360 e. The van der Waals surface area contributed by atoms with E-state index in [9.17, 15) is 4.79 Å². The lowest BCUT2D eigenvalue weighted by molar-refractivity contribution is 0.0787. The molecule has 0 unspecified atom stereocenters. The molecule has 0 aliphatic carbocycles. The van der Waals surface area contributed by atoms with Crippen LogP contribution in [-0.2, 0) is 6.54 Å². The molecule has 1 heterocycles. The van der Waals surface area contributed by atoms with Crippen molar-refractivity contribution in [2.75, 3.05) is 7.05 Å². The number of nitrogens with zero attached hydrogens (tertiary/aromatic N) is 1. The third kappa shape index (κ3) is 2.55. The van der Waals surface area contributed by atoms with Crippen LogP contribution in [0.5, 0.6) is 0 Å². The Bertz CT molecular complexity index is 789. The summed E-state index contributed by atoms with van der Waals surface area (Å²) in [5.74, 6) is 0.0377. The SMILES string of the molecule is Cc1ccccc1CN(C)C(=O)c1c[nH]c2ccccc12. The highest BCUT2D eigenvalue weighted by Gasteiger charge is 2.16. The molecule has 0 saturated carbocycles. The van der Waals surface area contributed by atoms with E-state index in [0.29, 0.717) is 6.54 Å². The minimum absolute atomic E-state index is 0.0377. The van der Waals surface area contributed by atoms with Gasteiger partial charge >= 0.3 is 0 Å². The van der Waals surface area contributed by atoms with Crippen LogP contribution in [0.2, 0.25) is 0 Å². The first-order valence-corrected chi connectivity index (χ1v) is 7.03.